The molecule has 0 saturated carbocycles. The lowest BCUT2D eigenvalue weighted by Gasteiger charge is -2.13. The summed E-state index contributed by atoms with van der Waals surface area (Å²) in [6.07, 6.45) is 0.973. The van der Waals surface area contributed by atoms with Crippen LogP contribution in [0.25, 0.3) is 0 Å². The average Bonchev–Trinajstić information content (AvgIpc) is 2.16. The molecule has 0 rings (SSSR count). The number of ether oxygens (including phenoxy) is 1. The largest absolute Gasteiger partial charge is 0.435 e. The molecule has 0 aromatic carbocycles. The Kier molecular flexibility index (Phi) is 5.47. The van der Waals surface area contributed by atoms with E-state index in [0.29, 0.717) is 0 Å². The zero-order valence-corrected chi connectivity index (χ0v) is 7.53. The quantitative estimate of drug-likeness (QED) is 0.294. The summed E-state index contributed by atoms with van der Waals surface area (Å²) in [5.74, 6) is -1.21. The van der Waals surface area contributed by atoms with Crippen molar-refractivity contribution in [3.63, 3.8) is 0 Å². The standard InChI is InChI=1S/C9H10N2O3/c1-3-8(14-9(13)4-2)11-7(12)5-6-10/h3-4,8H,1-2,5H2,(H,11,12). The van der Waals surface area contributed by atoms with Gasteiger partial charge in [-0.2, -0.15) is 5.26 Å². The summed E-state index contributed by atoms with van der Waals surface area (Å²) in [5.41, 5.74) is 0. The van der Waals surface area contributed by atoms with Crippen LogP contribution in [0, 0.1) is 11.3 Å². The van der Waals surface area contributed by atoms with Gasteiger partial charge < -0.3 is 10.1 Å². The van der Waals surface area contributed by atoms with Crippen molar-refractivity contribution in [1.82, 2.24) is 5.32 Å². The second-order valence-electron chi connectivity index (χ2n) is 2.20. The maximum absolute atomic E-state index is 10.9. The van der Waals surface area contributed by atoms with E-state index in [1.165, 1.54) is 6.08 Å². The summed E-state index contributed by atoms with van der Waals surface area (Å²) < 4.78 is 4.65. The highest BCUT2D eigenvalue weighted by atomic mass is 16.6. The second-order valence-corrected chi connectivity index (χ2v) is 2.20. The van der Waals surface area contributed by atoms with Crippen LogP contribution in [-0.2, 0) is 14.3 Å². The van der Waals surface area contributed by atoms with Crippen LogP contribution in [0.4, 0.5) is 0 Å². The highest BCUT2D eigenvalue weighted by Gasteiger charge is 2.10. The lowest BCUT2D eigenvalue weighted by molar-refractivity contribution is -0.143. The van der Waals surface area contributed by atoms with Gasteiger partial charge in [-0.3, -0.25) is 4.79 Å². The van der Waals surface area contributed by atoms with Gasteiger partial charge in [0.2, 0.25) is 5.91 Å². The highest BCUT2D eigenvalue weighted by molar-refractivity contribution is 5.82. The Morgan fingerprint density at radius 1 is 1.57 bits per heavy atom. The van der Waals surface area contributed by atoms with Crippen LogP contribution >= 0.6 is 0 Å². The number of nitrogens with one attached hydrogen (secondary N) is 1. The summed E-state index contributed by atoms with van der Waals surface area (Å²) in [5, 5.41) is 10.5. The van der Waals surface area contributed by atoms with E-state index >= 15 is 0 Å². The Balaban J connectivity index is 4.10. The molecule has 0 aliphatic carbocycles. The number of esters is 1. The minimum atomic E-state index is -0.929. The van der Waals surface area contributed by atoms with Crippen molar-refractivity contribution in [1.29, 1.82) is 5.26 Å². The van der Waals surface area contributed by atoms with Gasteiger partial charge in [0.15, 0.2) is 6.23 Å². The van der Waals surface area contributed by atoms with E-state index < -0.39 is 18.1 Å². The molecule has 14 heavy (non-hydrogen) atoms. The van der Waals surface area contributed by atoms with Crippen LogP contribution in [0.3, 0.4) is 0 Å². The smallest absolute Gasteiger partial charge is 0.332 e. The van der Waals surface area contributed by atoms with E-state index in [0.717, 1.165) is 6.08 Å². The van der Waals surface area contributed by atoms with Crippen LogP contribution in [0.15, 0.2) is 25.3 Å². The topological polar surface area (TPSA) is 79.2 Å². The van der Waals surface area contributed by atoms with Gasteiger partial charge in [0, 0.05) is 6.08 Å². The van der Waals surface area contributed by atoms with Crippen LogP contribution < -0.4 is 5.32 Å². The predicted octanol–water partition coefficient (Wildman–Crippen LogP) is 0.258. The SMILES string of the molecule is C=CC(=O)OC(C=C)NC(=O)CC#N. The third-order valence-corrected chi connectivity index (χ3v) is 1.17. The van der Waals surface area contributed by atoms with Crippen LogP contribution in [0.5, 0.6) is 0 Å². The molecule has 5 nitrogen and oxygen atoms in total. The third kappa shape index (κ3) is 4.72. The number of carbonyl (C=O) groups is 2. The monoisotopic (exact) mass is 194 g/mol. The number of carbonyl (C=O) groups excluding carboxylic acids is 2. The summed E-state index contributed by atoms with van der Waals surface area (Å²) in [7, 11) is 0. The fourth-order valence-electron chi connectivity index (χ4n) is 0.591. The molecule has 0 fully saturated rings. The normalized spacial score (nSPS) is 10.5. The van der Waals surface area contributed by atoms with E-state index in [-0.39, 0.29) is 6.42 Å². The van der Waals surface area contributed by atoms with Crippen molar-refractivity contribution in [2.24, 2.45) is 0 Å². The molecule has 1 atom stereocenters. The maximum atomic E-state index is 10.9. The third-order valence-electron chi connectivity index (χ3n) is 1.17. The van der Waals surface area contributed by atoms with Gasteiger partial charge in [-0.05, 0) is 6.08 Å². The molecular weight excluding hydrogens is 184 g/mol. The molecule has 74 valence electrons. The average molecular weight is 194 g/mol. The van der Waals surface area contributed by atoms with Crippen LogP contribution in [0.2, 0.25) is 0 Å². The Morgan fingerprint density at radius 3 is 2.64 bits per heavy atom. The lowest BCUT2D eigenvalue weighted by atomic mass is 10.4. The minimum absolute atomic E-state index is 0.296. The Morgan fingerprint density at radius 2 is 2.21 bits per heavy atom. The van der Waals surface area contributed by atoms with Crippen molar-refractivity contribution in [2.75, 3.05) is 0 Å². The molecular formula is C9H10N2O3. The zero-order valence-electron chi connectivity index (χ0n) is 7.53. The molecule has 0 aromatic heterocycles. The Labute approximate surface area is 81.7 Å². The number of nitrogens with zero attached hydrogens (tertiary/aromatic N) is 1. The van der Waals surface area contributed by atoms with Crippen molar-refractivity contribution >= 4 is 11.9 Å². The number of nitriles is 1. The van der Waals surface area contributed by atoms with E-state index in [1.54, 1.807) is 6.07 Å². The van der Waals surface area contributed by atoms with Gasteiger partial charge in [0.05, 0.1) is 6.07 Å². The lowest BCUT2D eigenvalue weighted by Crippen LogP contribution is -2.36. The molecule has 1 unspecified atom stereocenters. The first-order valence-corrected chi connectivity index (χ1v) is 3.76. The van der Waals surface area contributed by atoms with Crippen molar-refractivity contribution in [2.45, 2.75) is 12.6 Å². The summed E-state index contributed by atoms with van der Waals surface area (Å²) in [4.78, 5) is 21.6. The molecule has 0 spiro atoms. The first kappa shape index (κ1) is 11.9. The fraction of sp³-hybridized carbons (Fsp3) is 0.222. The van der Waals surface area contributed by atoms with Gasteiger partial charge >= 0.3 is 5.97 Å². The molecule has 1 amide bonds. The minimum Gasteiger partial charge on any atom is -0.435 e. The second kappa shape index (κ2) is 6.43. The maximum Gasteiger partial charge on any atom is 0.332 e. The van der Waals surface area contributed by atoms with Gasteiger partial charge in [0.25, 0.3) is 0 Å². The zero-order chi connectivity index (χ0) is 11.0. The van der Waals surface area contributed by atoms with Crippen molar-refractivity contribution < 1.29 is 14.3 Å². The van der Waals surface area contributed by atoms with Crippen molar-refractivity contribution in [3.8, 4) is 6.07 Å². The van der Waals surface area contributed by atoms with Crippen molar-refractivity contribution in [3.05, 3.63) is 25.3 Å². The summed E-state index contributed by atoms with van der Waals surface area (Å²) >= 11 is 0. The Hall–Kier alpha value is -2.09. The van der Waals surface area contributed by atoms with Gasteiger partial charge in [-0.1, -0.05) is 13.2 Å². The Bertz CT molecular complexity index is 291. The fourth-order valence-corrected chi connectivity index (χ4v) is 0.591. The number of rotatable bonds is 5. The molecule has 0 aromatic rings. The van der Waals surface area contributed by atoms with E-state index in [1.807, 2.05) is 0 Å². The summed E-state index contributed by atoms with van der Waals surface area (Å²) in [6, 6.07) is 1.66. The van der Waals surface area contributed by atoms with Crippen LogP contribution in [-0.4, -0.2) is 18.1 Å². The first-order valence-electron chi connectivity index (χ1n) is 3.76. The molecule has 5 heteroatoms. The number of amides is 1. The van der Waals surface area contributed by atoms with E-state index in [9.17, 15) is 9.59 Å². The van der Waals surface area contributed by atoms with Gasteiger partial charge in [-0.15, -0.1) is 0 Å². The number of hydrogen-bond acceptors (Lipinski definition) is 4. The molecule has 0 saturated heterocycles. The van der Waals surface area contributed by atoms with Gasteiger partial charge in [0.1, 0.15) is 6.42 Å². The molecule has 0 radical (unpaired) electrons. The molecule has 0 aliphatic heterocycles. The van der Waals surface area contributed by atoms with E-state index in [4.69, 9.17) is 5.26 Å². The van der Waals surface area contributed by atoms with E-state index in [2.05, 4.69) is 23.2 Å². The van der Waals surface area contributed by atoms with Gasteiger partial charge in [-0.25, -0.2) is 4.79 Å². The summed E-state index contributed by atoms with van der Waals surface area (Å²) in [6.45, 7) is 6.54. The number of hydrogen-bond donors (Lipinski definition) is 1. The highest BCUT2D eigenvalue weighted by Crippen LogP contribution is 1.91. The first-order chi connectivity index (χ1) is 6.63. The molecule has 0 bridgehead atoms. The predicted molar refractivity (Wildman–Crippen MR) is 48.6 cm³/mol. The van der Waals surface area contributed by atoms with Crippen LogP contribution in [0.1, 0.15) is 6.42 Å². The molecule has 0 aliphatic rings. The molecule has 1 N–H and O–H groups in total. The molecule has 0 heterocycles.